The van der Waals surface area contributed by atoms with Crippen LogP contribution in [-0.4, -0.2) is 37.3 Å². The van der Waals surface area contributed by atoms with Crippen LogP contribution in [0.15, 0.2) is 12.4 Å². The van der Waals surface area contributed by atoms with Gasteiger partial charge in [0.2, 0.25) is 0 Å². The van der Waals surface area contributed by atoms with Crippen molar-refractivity contribution in [3.8, 4) is 0 Å². The Morgan fingerprint density at radius 3 is 2.53 bits per heavy atom. The molecule has 0 spiro atoms. The number of aliphatic hydroxyl groups is 2. The highest BCUT2D eigenvalue weighted by Gasteiger charge is 2.29. The molecule has 0 fully saturated rings. The molecule has 0 aliphatic carbocycles. The fourth-order valence-corrected chi connectivity index (χ4v) is 1.16. The molecule has 9 nitrogen and oxygen atoms in total. The van der Waals surface area contributed by atoms with Crippen molar-refractivity contribution in [2.45, 2.75) is 12.2 Å². The number of pyridine rings is 1. The first-order chi connectivity index (χ1) is 7.86. The quantitative estimate of drug-likeness (QED) is 0.389. The van der Waals surface area contributed by atoms with E-state index in [1.165, 1.54) is 0 Å². The van der Waals surface area contributed by atoms with Crippen molar-refractivity contribution in [1.29, 1.82) is 0 Å². The van der Waals surface area contributed by atoms with Gasteiger partial charge in [-0.2, -0.15) is 0 Å². The third-order valence-corrected chi connectivity index (χ3v) is 2.06. The van der Waals surface area contributed by atoms with E-state index in [9.17, 15) is 20.0 Å². The SMILES string of the molecule is Nc1c(C(O)C(O)C(=O)O)cncc1[N+](=O)[O-]. The molecule has 1 aromatic rings. The molecule has 9 heteroatoms. The minimum Gasteiger partial charge on any atom is -0.479 e. The maximum Gasteiger partial charge on any atom is 0.335 e. The van der Waals surface area contributed by atoms with Gasteiger partial charge in [-0.15, -0.1) is 0 Å². The fraction of sp³-hybridized carbons (Fsp3) is 0.250. The second kappa shape index (κ2) is 4.72. The summed E-state index contributed by atoms with van der Waals surface area (Å²) in [6.07, 6.45) is -2.21. The lowest BCUT2D eigenvalue weighted by Crippen LogP contribution is -2.28. The van der Waals surface area contributed by atoms with Gasteiger partial charge >= 0.3 is 11.7 Å². The molecule has 2 atom stereocenters. The minimum atomic E-state index is -2.14. The zero-order valence-electron chi connectivity index (χ0n) is 8.35. The number of aromatic nitrogens is 1. The maximum absolute atomic E-state index is 10.5. The van der Waals surface area contributed by atoms with E-state index >= 15 is 0 Å². The lowest BCUT2D eigenvalue weighted by Gasteiger charge is -2.15. The summed E-state index contributed by atoms with van der Waals surface area (Å²) >= 11 is 0. The number of nitrogens with zero attached hydrogens (tertiary/aromatic N) is 2. The molecule has 0 radical (unpaired) electrons. The van der Waals surface area contributed by atoms with E-state index in [1.807, 2.05) is 0 Å². The van der Waals surface area contributed by atoms with E-state index < -0.39 is 34.5 Å². The number of nitrogen functional groups attached to an aromatic ring is 1. The van der Waals surface area contributed by atoms with Gasteiger partial charge in [0.1, 0.15) is 18.0 Å². The number of rotatable bonds is 4. The number of carboxylic acids is 1. The summed E-state index contributed by atoms with van der Waals surface area (Å²) in [6.45, 7) is 0. The number of carbonyl (C=O) groups is 1. The number of nitro groups is 1. The van der Waals surface area contributed by atoms with E-state index in [0.717, 1.165) is 12.4 Å². The highest BCUT2D eigenvalue weighted by atomic mass is 16.6. The lowest BCUT2D eigenvalue weighted by molar-refractivity contribution is -0.384. The van der Waals surface area contributed by atoms with Gasteiger partial charge in [0, 0.05) is 11.8 Å². The fourth-order valence-electron chi connectivity index (χ4n) is 1.16. The van der Waals surface area contributed by atoms with Gasteiger partial charge < -0.3 is 21.1 Å². The topological polar surface area (TPSA) is 160 Å². The van der Waals surface area contributed by atoms with Gasteiger partial charge in [-0.25, -0.2) is 4.79 Å². The molecule has 1 rings (SSSR count). The van der Waals surface area contributed by atoms with Crippen LogP contribution in [0.4, 0.5) is 11.4 Å². The van der Waals surface area contributed by atoms with Crippen LogP contribution in [0.25, 0.3) is 0 Å². The van der Waals surface area contributed by atoms with Crippen molar-refractivity contribution < 1.29 is 25.0 Å². The molecule has 0 aliphatic heterocycles. The highest BCUT2D eigenvalue weighted by molar-refractivity contribution is 5.74. The van der Waals surface area contributed by atoms with Crippen molar-refractivity contribution in [2.75, 3.05) is 5.73 Å². The minimum absolute atomic E-state index is 0.311. The molecule has 0 aliphatic rings. The van der Waals surface area contributed by atoms with Gasteiger partial charge in [-0.05, 0) is 0 Å². The number of hydrogen-bond acceptors (Lipinski definition) is 7. The van der Waals surface area contributed by atoms with E-state index in [0.29, 0.717) is 0 Å². The number of aliphatic hydroxyl groups excluding tert-OH is 2. The Morgan fingerprint density at radius 1 is 1.47 bits per heavy atom. The molecular formula is C8H9N3O6. The Kier molecular flexibility index (Phi) is 3.55. The first kappa shape index (κ1) is 12.8. The van der Waals surface area contributed by atoms with Crippen LogP contribution in [0.2, 0.25) is 0 Å². The van der Waals surface area contributed by atoms with Gasteiger partial charge in [0.25, 0.3) is 0 Å². The summed E-state index contributed by atoms with van der Waals surface area (Å²) < 4.78 is 0. The molecule has 0 bridgehead atoms. The molecule has 1 aromatic heterocycles. The highest BCUT2D eigenvalue weighted by Crippen LogP contribution is 2.29. The predicted octanol–water partition coefficient (Wildman–Crippen LogP) is -0.949. The zero-order chi connectivity index (χ0) is 13.2. The average molecular weight is 243 g/mol. The van der Waals surface area contributed by atoms with Crippen LogP contribution in [0.5, 0.6) is 0 Å². The number of anilines is 1. The molecule has 17 heavy (non-hydrogen) atoms. The summed E-state index contributed by atoms with van der Waals surface area (Å²) in [5.41, 5.74) is 4.06. The van der Waals surface area contributed by atoms with Gasteiger partial charge in [0.05, 0.1) is 4.92 Å². The van der Waals surface area contributed by atoms with Crippen LogP contribution in [0.3, 0.4) is 0 Å². The Labute approximate surface area is 94.3 Å². The van der Waals surface area contributed by atoms with Gasteiger partial charge in [-0.1, -0.05) is 0 Å². The average Bonchev–Trinajstić information content (AvgIpc) is 2.26. The molecule has 0 aromatic carbocycles. The van der Waals surface area contributed by atoms with Crippen LogP contribution < -0.4 is 5.73 Å². The molecule has 2 unspecified atom stereocenters. The maximum atomic E-state index is 10.5. The smallest absolute Gasteiger partial charge is 0.335 e. The van der Waals surface area contributed by atoms with Crippen molar-refractivity contribution in [3.63, 3.8) is 0 Å². The van der Waals surface area contributed by atoms with E-state index in [4.69, 9.17) is 15.9 Å². The number of carboxylic acid groups (broad SMARTS) is 1. The molecule has 92 valence electrons. The molecule has 0 saturated heterocycles. The monoisotopic (exact) mass is 243 g/mol. The van der Waals surface area contributed by atoms with Gasteiger partial charge in [-0.3, -0.25) is 15.1 Å². The van der Waals surface area contributed by atoms with Crippen molar-refractivity contribution >= 4 is 17.3 Å². The van der Waals surface area contributed by atoms with E-state index in [1.54, 1.807) is 0 Å². The largest absolute Gasteiger partial charge is 0.479 e. The molecule has 0 saturated carbocycles. The van der Waals surface area contributed by atoms with E-state index in [-0.39, 0.29) is 5.56 Å². The summed E-state index contributed by atoms with van der Waals surface area (Å²) in [5.74, 6) is -1.68. The number of aliphatic carboxylic acids is 1. The first-order valence-electron chi connectivity index (χ1n) is 4.33. The molecular weight excluding hydrogens is 234 g/mol. The second-order valence-corrected chi connectivity index (χ2v) is 3.15. The van der Waals surface area contributed by atoms with Crippen molar-refractivity contribution in [3.05, 3.63) is 28.1 Å². The normalized spacial score (nSPS) is 14.0. The Morgan fingerprint density at radius 2 is 2.06 bits per heavy atom. The zero-order valence-corrected chi connectivity index (χ0v) is 8.35. The van der Waals surface area contributed by atoms with Crippen LogP contribution in [0, 0.1) is 10.1 Å². The third kappa shape index (κ3) is 2.46. The van der Waals surface area contributed by atoms with Crippen LogP contribution in [0.1, 0.15) is 11.7 Å². The number of hydrogen-bond donors (Lipinski definition) is 4. The Hall–Kier alpha value is -2.26. The summed E-state index contributed by atoms with van der Waals surface area (Å²) in [6, 6.07) is 0. The second-order valence-electron chi connectivity index (χ2n) is 3.15. The summed E-state index contributed by atoms with van der Waals surface area (Å²) in [7, 11) is 0. The Balaban J connectivity index is 3.19. The van der Waals surface area contributed by atoms with Crippen molar-refractivity contribution in [2.24, 2.45) is 0 Å². The summed E-state index contributed by atoms with van der Waals surface area (Å²) in [5, 5.41) is 37.6. The first-order valence-corrected chi connectivity index (χ1v) is 4.33. The van der Waals surface area contributed by atoms with E-state index in [2.05, 4.69) is 4.98 Å². The van der Waals surface area contributed by atoms with Crippen LogP contribution >= 0.6 is 0 Å². The Bertz CT molecular complexity index is 463. The molecule has 0 amide bonds. The molecule has 1 heterocycles. The predicted molar refractivity (Wildman–Crippen MR) is 53.9 cm³/mol. The molecule has 5 N–H and O–H groups in total. The van der Waals surface area contributed by atoms with Gasteiger partial charge in [0.15, 0.2) is 6.10 Å². The summed E-state index contributed by atoms with van der Waals surface area (Å²) in [4.78, 5) is 23.6. The number of nitrogens with two attached hydrogens (primary N) is 1. The third-order valence-electron chi connectivity index (χ3n) is 2.06. The lowest BCUT2D eigenvalue weighted by atomic mass is 10.0. The standard InChI is InChI=1S/C8H9N3O6/c9-5-3(6(12)7(13)8(14)15)1-10-2-4(5)11(16)17/h1-2,6-7,12-13H,(H2,9,10)(H,14,15). The van der Waals surface area contributed by atoms with Crippen LogP contribution in [-0.2, 0) is 4.79 Å². The van der Waals surface area contributed by atoms with Crippen molar-refractivity contribution in [1.82, 2.24) is 4.98 Å².